The molecule has 1 amide bonds. The van der Waals surface area contributed by atoms with Gasteiger partial charge in [0.2, 0.25) is 5.91 Å². The zero-order valence-electron chi connectivity index (χ0n) is 12.1. The Bertz CT molecular complexity index is 670. The van der Waals surface area contributed by atoms with E-state index in [1.165, 1.54) is 0 Å². The molecule has 5 atom stereocenters. The summed E-state index contributed by atoms with van der Waals surface area (Å²) in [7, 11) is 0. The van der Waals surface area contributed by atoms with Gasteiger partial charge in [0.15, 0.2) is 0 Å². The molecule has 5 heteroatoms. The van der Waals surface area contributed by atoms with E-state index in [4.69, 9.17) is 4.74 Å². The van der Waals surface area contributed by atoms with Crippen molar-refractivity contribution in [2.24, 2.45) is 11.8 Å². The Kier molecular flexibility index (Phi) is 2.72. The molecule has 2 fully saturated rings. The summed E-state index contributed by atoms with van der Waals surface area (Å²) in [6.45, 7) is 2.35. The zero-order valence-corrected chi connectivity index (χ0v) is 12.1. The van der Waals surface area contributed by atoms with E-state index in [1.54, 1.807) is 11.0 Å². The largest absolute Gasteiger partial charge is 0.550 e. The number of carboxylic acid groups (broad SMARTS) is 1. The minimum Gasteiger partial charge on any atom is -0.550 e. The highest BCUT2D eigenvalue weighted by Gasteiger charge is 2.65. The molecule has 0 N–H and O–H groups in total. The van der Waals surface area contributed by atoms with Crippen molar-refractivity contribution in [2.45, 2.75) is 24.7 Å². The van der Waals surface area contributed by atoms with Crippen LogP contribution >= 0.6 is 0 Å². The summed E-state index contributed by atoms with van der Waals surface area (Å²) >= 11 is 0. The molecule has 1 aromatic carbocycles. The standard InChI is InChI=1S/C17H17NO4/c1-10(11-5-3-2-4-6-11)18-9-17-8-7-12(22-17)13(16(20)21)14(17)15(18)19/h2-8,10,12-14H,9H2,1H3,(H,20,21)/p-1/t10-,12-,13+,14-,17+/m1/s1. The number of carboxylic acids is 1. The smallest absolute Gasteiger partial charge is 0.230 e. The summed E-state index contributed by atoms with van der Waals surface area (Å²) in [5.74, 6) is -2.91. The van der Waals surface area contributed by atoms with Gasteiger partial charge in [-0.05, 0) is 12.5 Å². The fourth-order valence-corrected chi connectivity index (χ4v) is 4.04. The molecule has 4 rings (SSSR count). The van der Waals surface area contributed by atoms with Crippen molar-refractivity contribution in [3.8, 4) is 0 Å². The average molecular weight is 298 g/mol. The third-order valence-electron chi connectivity index (χ3n) is 5.15. The molecule has 3 aliphatic heterocycles. The Morgan fingerprint density at radius 2 is 2.14 bits per heavy atom. The molecule has 2 saturated heterocycles. The second-order valence-corrected chi connectivity index (χ2v) is 6.27. The van der Waals surface area contributed by atoms with Gasteiger partial charge in [0.05, 0.1) is 24.6 Å². The third kappa shape index (κ3) is 1.63. The number of nitrogens with zero attached hydrogens (tertiary/aromatic N) is 1. The molecule has 0 radical (unpaired) electrons. The highest BCUT2D eigenvalue weighted by molar-refractivity contribution is 5.90. The SMILES string of the molecule is C[C@H](c1ccccc1)N1C[C@]23C=C[C@@H](O2)[C@H](C(=O)[O-])[C@@H]3C1=O. The summed E-state index contributed by atoms with van der Waals surface area (Å²) in [5, 5.41) is 11.4. The zero-order chi connectivity index (χ0) is 15.5. The lowest BCUT2D eigenvalue weighted by molar-refractivity contribution is -0.313. The van der Waals surface area contributed by atoms with Gasteiger partial charge in [-0.1, -0.05) is 42.5 Å². The van der Waals surface area contributed by atoms with Gasteiger partial charge in [-0.15, -0.1) is 0 Å². The predicted octanol–water partition coefficient (Wildman–Crippen LogP) is 0.279. The van der Waals surface area contributed by atoms with E-state index in [0.717, 1.165) is 5.56 Å². The Labute approximate surface area is 128 Å². The van der Waals surface area contributed by atoms with Gasteiger partial charge in [-0.2, -0.15) is 0 Å². The minimum atomic E-state index is -1.20. The average Bonchev–Trinajstić information content (AvgIpc) is 3.15. The number of likely N-dealkylation sites (tertiary alicyclic amines) is 1. The first kappa shape index (κ1) is 13.5. The number of fused-ring (bicyclic) bond motifs is 1. The van der Waals surface area contributed by atoms with E-state index in [2.05, 4.69) is 0 Å². The Morgan fingerprint density at radius 1 is 1.41 bits per heavy atom. The lowest BCUT2D eigenvalue weighted by atomic mass is 9.77. The van der Waals surface area contributed by atoms with Crippen LogP contribution in [-0.4, -0.2) is 35.0 Å². The number of amides is 1. The number of ether oxygens (including phenoxy) is 1. The molecule has 0 saturated carbocycles. The molecular weight excluding hydrogens is 282 g/mol. The van der Waals surface area contributed by atoms with E-state index in [-0.39, 0.29) is 11.9 Å². The highest BCUT2D eigenvalue weighted by Crippen LogP contribution is 2.52. The van der Waals surface area contributed by atoms with Gasteiger partial charge in [-0.3, -0.25) is 4.79 Å². The fraction of sp³-hybridized carbons (Fsp3) is 0.412. The van der Waals surface area contributed by atoms with E-state index in [9.17, 15) is 14.7 Å². The van der Waals surface area contributed by atoms with Gasteiger partial charge >= 0.3 is 0 Å². The predicted molar refractivity (Wildman–Crippen MR) is 75.3 cm³/mol. The van der Waals surface area contributed by atoms with Crippen LogP contribution in [0.1, 0.15) is 18.5 Å². The first-order valence-electron chi connectivity index (χ1n) is 7.47. The van der Waals surface area contributed by atoms with Crippen LogP contribution in [0.4, 0.5) is 0 Å². The fourth-order valence-electron chi connectivity index (χ4n) is 4.04. The number of rotatable bonds is 3. The number of aliphatic carboxylic acids is 1. The molecule has 5 nitrogen and oxygen atoms in total. The van der Waals surface area contributed by atoms with E-state index in [0.29, 0.717) is 6.54 Å². The molecule has 3 heterocycles. The van der Waals surface area contributed by atoms with Crippen LogP contribution in [0.15, 0.2) is 42.5 Å². The monoisotopic (exact) mass is 298 g/mol. The van der Waals surface area contributed by atoms with Crippen molar-refractivity contribution in [1.82, 2.24) is 4.90 Å². The molecule has 3 aliphatic rings. The number of hydrogen-bond acceptors (Lipinski definition) is 4. The van der Waals surface area contributed by atoms with Crippen LogP contribution in [0.3, 0.4) is 0 Å². The van der Waals surface area contributed by atoms with Crippen LogP contribution in [0.25, 0.3) is 0 Å². The Morgan fingerprint density at radius 3 is 2.82 bits per heavy atom. The summed E-state index contributed by atoms with van der Waals surface area (Å²) < 4.78 is 5.85. The molecule has 0 aromatic heterocycles. The molecule has 2 bridgehead atoms. The Balaban J connectivity index is 1.68. The maximum atomic E-state index is 12.8. The first-order valence-corrected chi connectivity index (χ1v) is 7.47. The molecule has 114 valence electrons. The van der Waals surface area contributed by atoms with Crippen molar-refractivity contribution in [1.29, 1.82) is 0 Å². The second kappa shape index (κ2) is 4.43. The van der Waals surface area contributed by atoms with E-state index in [1.807, 2.05) is 43.3 Å². The highest BCUT2D eigenvalue weighted by atomic mass is 16.5. The van der Waals surface area contributed by atoms with Crippen molar-refractivity contribution >= 4 is 11.9 Å². The second-order valence-electron chi connectivity index (χ2n) is 6.27. The molecule has 1 aromatic rings. The lowest BCUT2D eigenvalue weighted by Crippen LogP contribution is -2.45. The van der Waals surface area contributed by atoms with Crippen LogP contribution in [0.5, 0.6) is 0 Å². The maximum Gasteiger partial charge on any atom is 0.230 e. The van der Waals surface area contributed by atoms with Crippen LogP contribution in [-0.2, 0) is 14.3 Å². The molecule has 0 unspecified atom stereocenters. The summed E-state index contributed by atoms with van der Waals surface area (Å²) in [6, 6.07) is 9.60. The summed E-state index contributed by atoms with van der Waals surface area (Å²) in [5.41, 5.74) is 0.228. The molecule has 1 spiro atoms. The van der Waals surface area contributed by atoms with Gasteiger partial charge in [0, 0.05) is 11.9 Å². The van der Waals surface area contributed by atoms with Gasteiger partial charge in [0.25, 0.3) is 0 Å². The van der Waals surface area contributed by atoms with Crippen LogP contribution in [0.2, 0.25) is 0 Å². The molecule has 0 aliphatic carbocycles. The van der Waals surface area contributed by atoms with Crippen LogP contribution < -0.4 is 5.11 Å². The van der Waals surface area contributed by atoms with Crippen molar-refractivity contribution in [3.63, 3.8) is 0 Å². The maximum absolute atomic E-state index is 12.8. The molecular formula is C17H16NO4-. The normalized spacial score (nSPS) is 36.7. The number of carbonyl (C=O) groups is 2. The first-order chi connectivity index (χ1) is 10.5. The third-order valence-corrected chi connectivity index (χ3v) is 5.15. The number of benzene rings is 1. The van der Waals surface area contributed by atoms with Crippen molar-refractivity contribution < 1.29 is 19.4 Å². The Hall–Kier alpha value is -2.14. The van der Waals surface area contributed by atoms with Crippen molar-refractivity contribution in [2.75, 3.05) is 6.54 Å². The van der Waals surface area contributed by atoms with E-state index >= 15 is 0 Å². The van der Waals surface area contributed by atoms with E-state index < -0.39 is 29.5 Å². The quantitative estimate of drug-likeness (QED) is 0.752. The topological polar surface area (TPSA) is 69.7 Å². The summed E-state index contributed by atoms with van der Waals surface area (Å²) in [6.07, 6.45) is 3.08. The van der Waals surface area contributed by atoms with Crippen molar-refractivity contribution in [3.05, 3.63) is 48.0 Å². The van der Waals surface area contributed by atoms with Gasteiger partial charge < -0.3 is 19.5 Å². The van der Waals surface area contributed by atoms with Gasteiger partial charge in [0.1, 0.15) is 5.60 Å². The molecule has 22 heavy (non-hydrogen) atoms. The van der Waals surface area contributed by atoms with Crippen LogP contribution in [0, 0.1) is 11.8 Å². The minimum absolute atomic E-state index is 0.118. The van der Waals surface area contributed by atoms with Gasteiger partial charge in [-0.25, -0.2) is 0 Å². The number of carbonyl (C=O) groups excluding carboxylic acids is 2. The lowest BCUT2D eigenvalue weighted by Gasteiger charge is -2.28. The summed E-state index contributed by atoms with van der Waals surface area (Å²) in [4.78, 5) is 26.0. The number of hydrogen-bond donors (Lipinski definition) is 0.